The molecule has 0 saturated heterocycles. The summed E-state index contributed by atoms with van der Waals surface area (Å²) in [5.41, 5.74) is 3.32. The summed E-state index contributed by atoms with van der Waals surface area (Å²) in [6.07, 6.45) is 3.50. The van der Waals surface area contributed by atoms with Gasteiger partial charge in [0, 0.05) is 36.3 Å². The Bertz CT molecular complexity index is 735. The molecule has 5 heteroatoms. The number of nitrogens with zero attached hydrogens (tertiary/aromatic N) is 1. The fraction of sp³-hybridized carbons (Fsp3) is 0.250. The summed E-state index contributed by atoms with van der Waals surface area (Å²) in [5, 5.41) is 5.55. The fourth-order valence-corrected chi connectivity index (χ4v) is 2.16. The van der Waals surface area contributed by atoms with Crippen LogP contribution in [0.4, 0.5) is 0 Å². The van der Waals surface area contributed by atoms with Crippen molar-refractivity contribution in [2.45, 2.75) is 13.8 Å². The lowest BCUT2D eigenvalue weighted by atomic mass is 10.1. The van der Waals surface area contributed by atoms with E-state index in [0.717, 1.165) is 16.8 Å². The first-order chi connectivity index (χ1) is 12.0. The van der Waals surface area contributed by atoms with Crippen LogP contribution in [0.3, 0.4) is 0 Å². The maximum Gasteiger partial charge on any atom is 0.251 e. The van der Waals surface area contributed by atoms with Gasteiger partial charge in [-0.1, -0.05) is 44.7 Å². The molecule has 5 nitrogen and oxygen atoms in total. The number of nitrogens with one attached hydrogen (secondary N) is 2. The van der Waals surface area contributed by atoms with Crippen LogP contribution in [-0.2, 0) is 4.79 Å². The molecular formula is C20H23N3O2. The highest BCUT2D eigenvalue weighted by molar-refractivity contribution is 5.94. The summed E-state index contributed by atoms with van der Waals surface area (Å²) in [7, 11) is 0. The van der Waals surface area contributed by atoms with Gasteiger partial charge in [-0.3, -0.25) is 14.6 Å². The lowest BCUT2D eigenvalue weighted by molar-refractivity contribution is -0.123. The molecular weight excluding hydrogens is 314 g/mol. The number of carbonyl (C=O) groups is 2. The first kappa shape index (κ1) is 18.4. The Hall–Kier alpha value is -2.95. The zero-order valence-corrected chi connectivity index (χ0v) is 14.6. The van der Waals surface area contributed by atoms with Crippen LogP contribution < -0.4 is 10.6 Å². The first-order valence-corrected chi connectivity index (χ1v) is 8.26. The lowest BCUT2D eigenvalue weighted by Crippen LogP contribution is -2.36. The summed E-state index contributed by atoms with van der Waals surface area (Å²) in [6, 6.07) is 11.1. The number of carbonyl (C=O) groups excluding carboxylic acids is 2. The smallest absolute Gasteiger partial charge is 0.251 e. The second-order valence-electron chi connectivity index (χ2n) is 5.96. The van der Waals surface area contributed by atoms with Gasteiger partial charge in [-0.25, -0.2) is 0 Å². The van der Waals surface area contributed by atoms with E-state index in [9.17, 15) is 9.59 Å². The molecule has 130 valence electrons. The molecule has 1 aromatic heterocycles. The van der Waals surface area contributed by atoms with Crippen LogP contribution in [0.2, 0.25) is 0 Å². The van der Waals surface area contributed by atoms with Crippen LogP contribution in [0.15, 0.2) is 49.2 Å². The van der Waals surface area contributed by atoms with Crippen LogP contribution >= 0.6 is 0 Å². The number of pyridine rings is 1. The highest BCUT2D eigenvalue weighted by Crippen LogP contribution is 2.18. The largest absolute Gasteiger partial charge is 0.354 e. The van der Waals surface area contributed by atoms with Crippen LogP contribution in [0.25, 0.3) is 17.3 Å². The van der Waals surface area contributed by atoms with E-state index in [1.165, 1.54) is 0 Å². The predicted octanol–water partition coefficient (Wildman–Crippen LogP) is 2.89. The average molecular weight is 337 g/mol. The minimum absolute atomic E-state index is 0.0198. The molecule has 2 N–H and O–H groups in total. The van der Waals surface area contributed by atoms with Crippen molar-refractivity contribution in [2.75, 3.05) is 13.1 Å². The number of amides is 2. The Morgan fingerprint density at radius 1 is 1.08 bits per heavy atom. The Balaban J connectivity index is 1.89. The van der Waals surface area contributed by atoms with E-state index >= 15 is 0 Å². The van der Waals surface area contributed by atoms with Crippen molar-refractivity contribution >= 4 is 17.9 Å². The van der Waals surface area contributed by atoms with E-state index in [4.69, 9.17) is 0 Å². The Kier molecular flexibility index (Phi) is 6.46. The third-order valence-electron chi connectivity index (χ3n) is 3.70. The summed E-state index contributed by atoms with van der Waals surface area (Å²) < 4.78 is 0. The third-order valence-corrected chi connectivity index (χ3v) is 3.70. The molecule has 0 atom stereocenters. The minimum Gasteiger partial charge on any atom is -0.354 e. The van der Waals surface area contributed by atoms with Crippen molar-refractivity contribution in [1.82, 2.24) is 15.6 Å². The van der Waals surface area contributed by atoms with Crippen molar-refractivity contribution in [3.8, 4) is 11.3 Å². The summed E-state index contributed by atoms with van der Waals surface area (Å²) in [5.74, 6) is -0.244. The van der Waals surface area contributed by atoms with Gasteiger partial charge in [-0.2, -0.15) is 0 Å². The molecule has 0 aliphatic rings. The second kappa shape index (κ2) is 8.78. The van der Waals surface area contributed by atoms with Crippen molar-refractivity contribution in [3.63, 3.8) is 0 Å². The van der Waals surface area contributed by atoms with E-state index < -0.39 is 0 Å². The molecule has 0 radical (unpaired) electrons. The Morgan fingerprint density at radius 3 is 2.32 bits per heavy atom. The van der Waals surface area contributed by atoms with Gasteiger partial charge < -0.3 is 10.6 Å². The Morgan fingerprint density at radius 2 is 1.76 bits per heavy atom. The van der Waals surface area contributed by atoms with Gasteiger partial charge in [0.2, 0.25) is 5.91 Å². The molecule has 2 aromatic rings. The number of benzene rings is 1. The van der Waals surface area contributed by atoms with Crippen LogP contribution in [-0.4, -0.2) is 29.9 Å². The molecule has 25 heavy (non-hydrogen) atoms. The highest BCUT2D eigenvalue weighted by atomic mass is 16.2. The minimum atomic E-state index is -0.166. The van der Waals surface area contributed by atoms with E-state index in [0.29, 0.717) is 18.7 Å². The second-order valence-corrected chi connectivity index (χ2v) is 5.96. The van der Waals surface area contributed by atoms with Gasteiger partial charge in [-0.05, 0) is 23.8 Å². The van der Waals surface area contributed by atoms with Crippen LogP contribution in [0, 0.1) is 5.92 Å². The van der Waals surface area contributed by atoms with Crippen molar-refractivity contribution in [1.29, 1.82) is 0 Å². The highest BCUT2D eigenvalue weighted by Gasteiger charge is 2.08. The van der Waals surface area contributed by atoms with Crippen LogP contribution in [0.1, 0.15) is 29.8 Å². The molecule has 0 spiro atoms. The quantitative estimate of drug-likeness (QED) is 0.763. The Labute approximate surface area is 148 Å². The summed E-state index contributed by atoms with van der Waals surface area (Å²) in [6.45, 7) is 8.17. The standard InChI is InChI=1S/C20H23N3O2/c1-4-15-5-10-18(23-13-15)16-6-8-17(9-7-16)20(25)22-12-11-21-19(24)14(2)3/h4-10,13-14H,1,11-12H2,2-3H3,(H,21,24)(H,22,25). The van der Waals surface area contributed by atoms with Gasteiger partial charge in [0.15, 0.2) is 0 Å². The zero-order chi connectivity index (χ0) is 18.2. The monoisotopic (exact) mass is 337 g/mol. The molecule has 0 fully saturated rings. The van der Waals surface area contributed by atoms with E-state index in [1.807, 2.05) is 38.1 Å². The lowest BCUT2D eigenvalue weighted by Gasteiger charge is -2.09. The van der Waals surface area contributed by atoms with E-state index in [1.54, 1.807) is 24.4 Å². The molecule has 2 rings (SSSR count). The topological polar surface area (TPSA) is 71.1 Å². The molecule has 0 unspecified atom stereocenters. The van der Waals surface area contributed by atoms with Gasteiger partial charge in [0.25, 0.3) is 5.91 Å². The molecule has 0 aliphatic carbocycles. The maximum atomic E-state index is 12.1. The van der Waals surface area contributed by atoms with E-state index in [-0.39, 0.29) is 17.7 Å². The molecule has 1 heterocycles. The molecule has 0 aliphatic heterocycles. The molecule has 2 amide bonds. The van der Waals surface area contributed by atoms with Gasteiger partial charge >= 0.3 is 0 Å². The molecule has 1 aromatic carbocycles. The first-order valence-electron chi connectivity index (χ1n) is 8.26. The zero-order valence-electron chi connectivity index (χ0n) is 14.6. The van der Waals surface area contributed by atoms with Gasteiger partial charge in [-0.15, -0.1) is 0 Å². The number of hydrogen-bond donors (Lipinski definition) is 2. The number of aromatic nitrogens is 1. The number of rotatable bonds is 7. The summed E-state index contributed by atoms with van der Waals surface area (Å²) in [4.78, 5) is 27.9. The summed E-state index contributed by atoms with van der Waals surface area (Å²) >= 11 is 0. The SMILES string of the molecule is C=Cc1ccc(-c2ccc(C(=O)NCCNC(=O)C(C)C)cc2)nc1. The fourth-order valence-electron chi connectivity index (χ4n) is 2.16. The molecule has 0 bridgehead atoms. The van der Waals surface area contributed by atoms with Crippen molar-refractivity contribution < 1.29 is 9.59 Å². The van der Waals surface area contributed by atoms with E-state index in [2.05, 4.69) is 22.2 Å². The van der Waals surface area contributed by atoms with Crippen molar-refractivity contribution in [2.24, 2.45) is 5.92 Å². The third kappa shape index (κ3) is 5.28. The molecule has 0 saturated carbocycles. The van der Waals surface area contributed by atoms with Gasteiger partial charge in [0.05, 0.1) is 5.69 Å². The van der Waals surface area contributed by atoms with Crippen molar-refractivity contribution in [3.05, 3.63) is 60.3 Å². The average Bonchev–Trinajstić information content (AvgIpc) is 2.65. The number of hydrogen-bond acceptors (Lipinski definition) is 3. The normalized spacial score (nSPS) is 10.4. The predicted molar refractivity (Wildman–Crippen MR) is 99.9 cm³/mol. The van der Waals surface area contributed by atoms with Crippen LogP contribution in [0.5, 0.6) is 0 Å². The maximum absolute atomic E-state index is 12.1. The van der Waals surface area contributed by atoms with Gasteiger partial charge in [0.1, 0.15) is 0 Å².